The molecular formula is C13H21ClN2. The van der Waals surface area contributed by atoms with Gasteiger partial charge in [0.05, 0.1) is 0 Å². The van der Waals surface area contributed by atoms with E-state index in [1.807, 2.05) is 18.2 Å². The molecule has 90 valence electrons. The number of benzene rings is 1. The van der Waals surface area contributed by atoms with Gasteiger partial charge < -0.3 is 11.1 Å². The zero-order valence-corrected chi connectivity index (χ0v) is 11.0. The van der Waals surface area contributed by atoms with Gasteiger partial charge in [-0.2, -0.15) is 0 Å². The van der Waals surface area contributed by atoms with Crippen molar-refractivity contribution in [1.82, 2.24) is 5.32 Å². The summed E-state index contributed by atoms with van der Waals surface area (Å²) < 4.78 is 0. The maximum atomic E-state index is 5.94. The van der Waals surface area contributed by atoms with Crippen molar-refractivity contribution in [2.75, 3.05) is 6.54 Å². The standard InChI is InChI=1S/C13H21ClN2/c1-10(2)13(3,9-15)16-8-11-5-4-6-12(14)7-11/h4-7,10,16H,8-9,15H2,1-3H3. The van der Waals surface area contributed by atoms with Crippen molar-refractivity contribution in [2.45, 2.75) is 32.9 Å². The molecule has 0 heterocycles. The highest BCUT2D eigenvalue weighted by atomic mass is 35.5. The third-order valence-electron chi connectivity index (χ3n) is 3.28. The van der Waals surface area contributed by atoms with Gasteiger partial charge in [-0.1, -0.05) is 37.6 Å². The van der Waals surface area contributed by atoms with E-state index in [2.05, 4.69) is 32.2 Å². The molecule has 0 aliphatic carbocycles. The SMILES string of the molecule is CC(C)C(C)(CN)NCc1cccc(Cl)c1. The minimum Gasteiger partial charge on any atom is -0.329 e. The van der Waals surface area contributed by atoms with E-state index in [0.29, 0.717) is 12.5 Å². The van der Waals surface area contributed by atoms with Gasteiger partial charge in [0, 0.05) is 23.7 Å². The number of rotatable bonds is 5. The van der Waals surface area contributed by atoms with E-state index < -0.39 is 0 Å². The number of halogens is 1. The molecule has 1 aromatic rings. The summed E-state index contributed by atoms with van der Waals surface area (Å²) in [5.41, 5.74) is 6.98. The van der Waals surface area contributed by atoms with Crippen LogP contribution in [-0.2, 0) is 6.54 Å². The summed E-state index contributed by atoms with van der Waals surface area (Å²) in [5, 5.41) is 4.28. The largest absolute Gasteiger partial charge is 0.329 e. The van der Waals surface area contributed by atoms with E-state index in [4.69, 9.17) is 17.3 Å². The molecule has 0 fully saturated rings. The summed E-state index contributed by atoms with van der Waals surface area (Å²) in [5.74, 6) is 0.497. The molecule has 0 saturated carbocycles. The fourth-order valence-electron chi connectivity index (χ4n) is 1.46. The molecule has 1 rings (SSSR count). The van der Waals surface area contributed by atoms with E-state index in [-0.39, 0.29) is 5.54 Å². The minimum atomic E-state index is -0.0255. The molecule has 0 bridgehead atoms. The van der Waals surface area contributed by atoms with Gasteiger partial charge in [-0.15, -0.1) is 0 Å². The van der Waals surface area contributed by atoms with Crippen LogP contribution in [0.5, 0.6) is 0 Å². The van der Waals surface area contributed by atoms with E-state index in [1.54, 1.807) is 0 Å². The second-order valence-corrected chi connectivity index (χ2v) is 5.20. The lowest BCUT2D eigenvalue weighted by Crippen LogP contribution is -2.52. The number of nitrogens with two attached hydrogens (primary N) is 1. The van der Waals surface area contributed by atoms with Crippen LogP contribution in [0.25, 0.3) is 0 Å². The molecule has 1 unspecified atom stereocenters. The molecule has 3 N–H and O–H groups in total. The second-order valence-electron chi connectivity index (χ2n) is 4.76. The minimum absolute atomic E-state index is 0.0255. The van der Waals surface area contributed by atoms with Crippen LogP contribution in [0.1, 0.15) is 26.3 Å². The van der Waals surface area contributed by atoms with Crippen LogP contribution < -0.4 is 11.1 Å². The van der Waals surface area contributed by atoms with Crippen molar-refractivity contribution in [3.63, 3.8) is 0 Å². The average molecular weight is 241 g/mol. The Morgan fingerprint density at radius 1 is 1.44 bits per heavy atom. The first-order valence-electron chi connectivity index (χ1n) is 5.67. The molecule has 3 heteroatoms. The molecule has 0 aromatic heterocycles. The molecule has 0 radical (unpaired) electrons. The molecule has 1 atom stereocenters. The van der Waals surface area contributed by atoms with Gasteiger partial charge in [0.1, 0.15) is 0 Å². The first-order valence-corrected chi connectivity index (χ1v) is 6.05. The lowest BCUT2D eigenvalue weighted by molar-refractivity contribution is 0.267. The van der Waals surface area contributed by atoms with Gasteiger partial charge in [-0.25, -0.2) is 0 Å². The number of hydrogen-bond acceptors (Lipinski definition) is 2. The van der Waals surface area contributed by atoms with Crippen LogP contribution in [0.4, 0.5) is 0 Å². The normalized spacial score (nSPS) is 15.1. The molecule has 1 aromatic carbocycles. The fourth-order valence-corrected chi connectivity index (χ4v) is 1.68. The van der Waals surface area contributed by atoms with Gasteiger partial charge in [-0.3, -0.25) is 0 Å². The second kappa shape index (κ2) is 5.67. The average Bonchev–Trinajstić information content (AvgIpc) is 2.26. The highest BCUT2D eigenvalue weighted by molar-refractivity contribution is 6.30. The smallest absolute Gasteiger partial charge is 0.0409 e. The van der Waals surface area contributed by atoms with E-state index in [9.17, 15) is 0 Å². The predicted octanol–water partition coefficient (Wildman–Crippen LogP) is 2.80. The highest BCUT2D eigenvalue weighted by Crippen LogP contribution is 2.17. The quantitative estimate of drug-likeness (QED) is 0.831. The van der Waals surface area contributed by atoms with Crippen molar-refractivity contribution < 1.29 is 0 Å². The first-order chi connectivity index (χ1) is 7.48. The molecule has 0 aliphatic rings. The Morgan fingerprint density at radius 3 is 2.62 bits per heavy atom. The zero-order valence-electron chi connectivity index (χ0n) is 10.3. The maximum absolute atomic E-state index is 5.94. The number of hydrogen-bond donors (Lipinski definition) is 2. The molecular weight excluding hydrogens is 220 g/mol. The summed E-state index contributed by atoms with van der Waals surface area (Å²) in [7, 11) is 0. The van der Waals surface area contributed by atoms with Crippen molar-refractivity contribution >= 4 is 11.6 Å². The Bertz CT molecular complexity index is 338. The van der Waals surface area contributed by atoms with E-state index in [1.165, 1.54) is 5.56 Å². The van der Waals surface area contributed by atoms with Crippen LogP contribution >= 0.6 is 11.6 Å². The maximum Gasteiger partial charge on any atom is 0.0409 e. The lowest BCUT2D eigenvalue weighted by atomic mass is 9.88. The summed E-state index contributed by atoms with van der Waals surface area (Å²) in [6, 6.07) is 7.89. The van der Waals surface area contributed by atoms with Gasteiger partial charge in [-0.05, 0) is 30.5 Å². The first kappa shape index (κ1) is 13.5. The molecule has 2 nitrogen and oxygen atoms in total. The Hall–Kier alpha value is -0.570. The molecule has 0 saturated heterocycles. The summed E-state index contributed by atoms with van der Waals surface area (Å²) >= 11 is 5.94. The molecule has 16 heavy (non-hydrogen) atoms. The summed E-state index contributed by atoms with van der Waals surface area (Å²) in [4.78, 5) is 0. The van der Waals surface area contributed by atoms with Crippen molar-refractivity contribution in [2.24, 2.45) is 11.7 Å². The van der Waals surface area contributed by atoms with Crippen LogP contribution in [0.3, 0.4) is 0 Å². The third-order valence-corrected chi connectivity index (χ3v) is 3.52. The highest BCUT2D eigenvalue weighted by Gasteiger charge is 2.25. The van der Waals surface area contributed by atoms with Crippen LogP contribution in [0.2, 0.25) is 5.02 Å². The fraction of sp³-hybridized carbons (Fsp3) is 0.538. The van der Waals surface area contributed by atoms with E-state index in [0.717, 1.165) is 11.6 Å². The zero-order chi connectivity index (χ0) is 12.2. The Balaban J connectivity index is 2.63. The summed E-state index contributed by atoms with van der Waals surface area (Å²) in [6.07, 6.45) is 0. The van der Waals surface area contributed by atoms with Crippen LogP contribution in [0.15, 0.2) is 24.3 Å². The van der Waals surface area contributed by atoms with Gasteiger partial charge >= 0.3 is 0 Å². The molecule has 0 amide bonds. The van der Waals surface area contributed by atoms with Crippen molar-refractivity contribution in [3.05, 3.63) is 34.9 Å². The van der Waals surface area contributed by atoms with Gasteiger partial charge in [0.25, 0.3) is 0 Å². The molecule has 0 spiro atoms. The monoisotopic (exact) mass is 240 g/mol. The Kier molecular flexibility index (Phi) is 4.78. The topological polar surface area (TPSA) is 38.0 Å². The molecule has 0 aliphatic heterocycles. The number of nitrogens with one attached hydrogen (secondary N) is 1. The van der Waals surface area contributed by atoms with Crippen LogP contribution in [-0.4, -0.2) is 12.1 Å². The van der Waals surface area contributed by atoms with Crippen LogP contribution in [0, 0.1) is 5.92 Å². The van der Waals surface area contributed by atoms with Gasteiger partial charge in [0.2, 0.25) is 0 Å². The Labute approximate surface area is 103 Å². The van der Waals surface area contributed by atoms with Crippen molar-refractivity contribution in [3.8, 4) is 0 Å². The van der Waals surface area contributed by atoms with Gasteiger partial charge in [0.15, 0.2) is 0 Å². The Morgan fingerprint density at radius 2 is 2.12 bits per heavy atom. The summed E-state index contributed by atoms with van der Waals surface area (Å²) in [6.45, 7) is 7.94. The predicted molar refractivity (Wildman–Crippen MR) is 70.6 cm³/mol. The third kappa shape index (κ3) is 3.48. The van der Waals surface area contributed by atoms with Crippen molar-refractivity contribution in [1.29, 1.82) is 0 Å². The van der Waals surface area contributed by atoms with E-state index >= 15 is 0 Å². The lowest BCUT2D eigenvalue weighted by Gasteiger charge is -2.33.